The second-order valence-corrected chi connectivity index (χ2v) is 5.84. The van der Waals surface area contributed by atoms with E-state index in [-0.39, 0.29) is 17.5 Å². The SMILES string of the molecule is O=C(c1ccc(=O)[nH]c1)N(Cc1ccccc1)C1CCNCC1. The largest absolute Gasteiger partial charge is 0.331 e. The summed E-state index contributed by atoms with van der Waals surface area (Å²) in [6, 6.07) is 13.2. The third-order valence-corrected chi connectivity index (χ3v) is 4.24. The fourth-order valence-corrected chi connectivity index (χ4v) is 2.97. The summed E-state index contributed by atoms with van der Waals surface area (Å²) in [5.74, 6) is -0.0306. The van der Waals surface area contributed by atoms with E-state index in [1.807, 2.05) is 35.2 Å². The number of amides is 1. The highest BCUT2D eigenvalue weighted by Gasteiger charge is 2.26. The molecular formula is C18H21N3O2. The number of hydrogen-bond acceptors (Lipinski definition) is 3. The van der Waals surface area contributed by atoms with Crippen molar-refractivity contribution >= 4 is 5.91 Å². The predicted molar refractivity (Wildman–Crippen MR) is 89.3 cm³/mol. The zero-order valence-electron chi connectivity index (χ0n) is 13.0. The molecule has 0 unspecified atom stereocenters. The molecule has 1 aromatic carbocycles. The Bertz CT molecular complexity index is 685. The van der Waals surface area contributed by atoms with E-state index in [1.54, 1.807) is 6.07 Å². The first-order valence-corrected chi connectivity index (χ1v) is 7.98. The summed E-state index contributed by atoms with van der Waals surface area (Å²) in [6.45, 7) is 2.44. The van der Waals surface area contributed by atoms with Gasteiger partial charge in [-0.2, -0.15) is 0 Å². The molecule has 5 nitrogen and oxygen atoms in total. The van der Waals surface area contributed by atoms with E-state index in [0.29, 0.717) is 12.1 Å². The van der Waals surface area contributed by atoms with Crippen molar-refractivity contribution < 1.29 is 4.79 Å². The van der Waals surface area contributed by atoms with Gasteiger partial charge < -0.3 is 15.2 Å². The molecule has 2 N–H and O–H groups in total. The summed E-state index contributed by atoms with van der Waals surface area (Å²) in [6.07, 6.45) is 3.40. The van der Waals surface area contributed by atoms with Gasteiger partial charge in [-0.3, -0.25) is 9.59 Å². The van der Waals surface area contributed by atoms with Crippen LogP contribution in [0.2, 0.25) is 0 Å². The van der Waals surface area contributed by atoms with Gasteiger partial charge in [0.25, 0.3) is 5.91 Å². The van der Waals surface area contributed by atoms with Crippen LogP contribution in [0.1, 0.15) is 28.8 Å². The number of piperidine rings is 1. The number of nitrogens with one attached hydrogen (secondary N) is 2. The van der Waals surface area contributed by atoms with E-state index in [2.05, 4.69) is 10.3 Å². The molecule has 2 aromatic rings. The topological polar surface area (TPSA) is 65.2 Å². The monoisotopic (exact) mass is 311 g/mol. The van der Waals surface area contributed by atoms with Crippen molar-refractivity contribution in [2.24, 2.45) is 0 Å². The zero-order valence-corrected chi connectivity index (χ0v) is 13.0. The van der Waals surface area contributed by atoms with Crippen LogP contribution in [0, 0.1) is 0 Å². The van der Waals surface area contributed by atoms with Gasteiger partial charge in [-0.1, -0.05) is 30.3 Å². The lowest BCUT2D eigenvalue weighted by molar-refractivity contribution is 0.0622. The molecule has 1 aliphatic rings. The van der Waals surface area contributed by atoms with Crippen LogP contribution in [0.5, 0.6) is 0 Å². The number of aromatic nitrogens is 1. The van der Waals surface area contributed by atoms with Gasteiger partial charge in [-0.15, -0.1) is 0 Å². The van der Waals surface area contributed by atoms with Crippen LogP contribution in [-0.4, -0.2) is 34.9 Å². The standard InChI is InChI=1S/C18H21N3O2/c22-17-7-6-15(12-20-17)18(23)21(16-8-10-19-11-9-16)13-14-4-2-1-3-5-14/h1-7,12,16,19H,8-11,13H2,(H,20,22). The van der Waals surface area contributed by atoms with Crippen molar-refractivity contribution in [3.8, 4) is 0 Å². The molecular weight excluding hydrogens is 290 g/mol. The number of H-pyrrole nitrogens is 1. The lowest BCUT2D eigenvalue weighted by Gasteiger charge is -2.35. The number of nitrogens with zero attached hydrogens (tertiary/aromatic N) is 1. The van der Waals surface area contributed by atoms with Crippen LogP contribution >= 0.6 is 0 Å². The third kappa shape index (κ3) is 3.87. The van der Waals surface area contributed by atoms with E-state index < -0.39 is 0 Å². The molecule has 1 saturated heterocycles. The van der Waals surface area contributed by atoms with Gasteiger partial charge in [0.2, 0.25) is 5.56 Å². The van der Waals surface area contributed by atoms with Gasteiger partial charge in [0.1, 0.15) is 0 Å². The van der Waals surface area contributed by atoms with Crippen molar-refractivity contribution in [2.75, 3.05) is 13.1 Å². The number of pyridine rings is 1. The van der Waals surface area contributed by atoms with E-state index in [4.69, 9.17) is 0 Å². The van der Waals surface area contributed by atoms with Crippen LogP contribution in [0.25, 0.3) is 0 Å². The molecule has 0 bridgehead atoms. The molecule has 1 amide bonds. The maximum absolute atomic E-state index is 12.9. The molecule has 2 heterocycles. The lowest BCUT2D eigenvalue weighted by atomic mass is 10.0. The molecule has 1 fully saturated rings. The quantitative estimate of drug-likeness (QED) is 0.904. The van der Waals surface area contributed by atoms with Crippen LogP contribution in [0.3, 0.4) is 0 Å². The maximum atomic E-state index is 12.9. The minimum atomic E-state index is -0.196. The van der Waals surface area contributed by atoms with Crippen molar-refractivity contribution in [3.63, 3.8) is 0 Å². The Labute approximate surface area is 135 Å². The van der Waals surface area contributed by atoms with E-state index in [1.165, 1.54) is 12.3 Å². The Balaban J connectivity index is 1.85. The highest BCUT2D eigenvalue weighted by Crippen LogP contribution is 2.18. The average molecular weight is 311 g/mol. The van der Waals surface area contributed by atoms with Gasteiger partial charge >= 0.3 is 0 Å². The summed E-state index contributed by atoms with van der Waals surface area (Å²) in [4.78, 5) is 28.7. The smallest absolute Gasteiger partial charge is 0.255 e. The van der Waals surface area contributed by atoms with Crippen LogP contribution in [0.15, 0.2) is 53.5 Å². The summed E-state index contributed by atoms with van der Waals surface area (Å²) < 4.78 is 0. The molecule has 5 heteroatoms. The molecule has 3 rings (SSSR count). The minimum Gasteiger partial charge on any atom is -0.331 e. The molecule has 0 radical (unpaired) electrons. The minimum absolute atomic E-state index is 0.0306. The summed E-state index contributed by atoms with van der Waals surface area (Å²) >= 11 is 0. The first-order chi connectivity index (χ1) is 11.2. The highest BCUT2D eigenvalue weighted by molar-refractivity contribution is 5.94. The summed E-state index contributed by atoms with van der Waals surface area (Å²) in [5.41, 5.74) is 1.45. The number of benzene rings is 1. The first kappa shape index (κ1) is 15.5. The van der Waals surface area contributed by atoms with E-state index in [9.17, 15) is 9.59 Å². The third-order valence-electron chi connectivity index (χ3n) is 4.24. The zero-order chi connectivity index (χ0) is 16.1. The normalized spacial score (nSPS) is 15.3. The summed E-state index contributed by atoms with van der Waals surface area (Å²) in [7, 11) is 0. The van der Waals surface area contributed by atoms with Gasteiger partial charge in [0, 0.05) is 24.8 Å². The molecule has 0 aliphatic carbocycles. The molecule has 1 aliphatic heterocycles. The van der Waals surface area contributed by atoms with Gasteiger partial charge in [-0.05, 0) is 37.6 Å². The van der Waals surface area contributed by atoms with Gasteiger partial charge in [0.05, 0.1) is 5.56 Å². The first-order valence-electron chi connectivity index (χ1n) is 7.98. The lowest BCUT2D eigenvalue weighted by Crippen LogP contribution is -2.45. The maximum Gasteiger partial charge on any atom is 0.255 e. The van der Waals surface area contributed by atoms with Crippen molar-refractivity contribution in [3.05, 3.63) is 70.1 Å². The average Bonchev–Trinajstić information content (AvgIpc) is 2.61. The van der Waals surface area contributed by atoms with E-state index in [0.717, 1.165) is 31.5 Å². The number of carbonyl (C=O) groups excluding carboxylic acids is 1. The molecule has 0 saturated carbocycles. The van der Waals surface area contributed by atoms with Crippen LogP contribution in [-0.2, 0) is 6.54 Å². The molecule has 120 valence electrons. The van der Waals surface area contributed by atoms with Crippen LogP contribution in [0.4, 0.5) is 0 Å². The highest BCUT2D eigenvalue weighted by atomic mass is 16.2. The second-order valence-electron chi connectivity index (χ2n) is 5.84. The van der Waals surface area contributed by atoms with Crippen molar-refractivity contribution in [1.29, 1.82) is 0 Å². The Morgan fingerprint density at radius 3 is 2.48 bits per heavy atom. The Hall–Kier alpha value is -2.40. The van der Waals surface area contributed by atoms with Gasteiger partial charge in [0.15, 0.2) is 0 Å². The van der Waals surface area contributed by atoms with Crippen molar-refractivity contribution in [1.82, 2.24) is 15.2 Å². The fourth-order valence-electron chi connectivity index (χ4n) is 2.97. The number of rotatable bonds is 4. The van der Waals surface area contributed by atoms with Crippen molar-refractivity contribution in [2.45, 2.75) is 25.4 Å². The molecule has 1 aromatic heterocycles. The van der Waals surface area contributed by atoms with Gasteiger partial charge in [-0.25, -0.2) is 0 Å². The molecule has 0 spiro atoms. The molecule has 0 atom stereocenters. The predicted octanol–water partition coefficient (Wildman–Crippen LogP) is 1.77. The van der Waals surface area contributed by atoms with Crippen LogP contribution < -0.4 is 10.9 Å². The number of aromatic amines is 1. The second kappa shape index (κ2) is 7.24. The van der Waals surface area contributed by atoms with E-state index >= 15 is 0 Å². The summed E-state index contributed by atoms with van der Waals surface area (Å²) in [5, 5.41) is 3.33. The Kier molecular flexibility index (Phi) is 4.88. The Morgan fingerprint density at radius 2 is 1.83 bits per heavy atom. The fraction of sp³-hybridized carbons (Fsp3) is 0.333. The number of hydrogen-bond donors (Lipinski definition) is 2. The number of carbonyl (C=O) groups is 1. The Morgan fingerprint density at radius 1 is 1.09 bits per heavy atom. The molecule has 23 heavy (non-hydrogen) atoms.